The zero-order valence-electron chi connectivity index (χ0n) is 21.7. The van der Waals surface area contributed by atoms with E-state index in [1.807, 2.05) is 12.3 Å². The van der Waals surface area contributed by atoms with Crippen molar-refractivity contribution in [1.82, 2.24) is 30.0 Å². The van der Waals surface area contributed by atoms with E-state index in [2.05, 4.69) is 37.9 Å². The number of piperidine rings is 1. The Balaban J connectivity index is 1.69. The SMILES string of the molecule is CCCC(CCO)Nc1nc(NC(=O)OC)nc2cnn(Cc3cnc(C4CCNCC4)cc3OC)c12. The van der Waals surface area contributed by atoms with Gasteiger partial charge >= 0.3 is 6.09 Å². The quantitative estimate of drug-likeness (QED) is 0.302. The molecule has 1 amide bonds. The summed E-state index contributed by atoms with van der Waals surface area (Å²) in [5, 5.41) is 23.5. The fraction of sp³-hybridized carbons (Fsp3) is 0.560. The van der Waals surface area contributed by atoms with Gasteiger partial charge in [0.25, 0.3) is 0 Å². The lowest BCUT2D eigenvalue weighted by atomic mass is 9.93. The molecule has 0 bridgehead atoms. The first-order valence-corrected chi connectivity index (χ1v) is 12.8. The van der Waals surface area contributed by atoms with Crippen LogP contribution in [0, 0.1) is 0 Å². The average molecular weight is 513 g/mol. The Morgan fingerprint density at radius 3 is 2.76 bits per heavy atom. The molecule has 1 aliphatic rings. The van der Waals surface area contributed by atoms with Crippen molar-refractivity contribution in [2.45, 2.75) is 57.5 Å². The second-order valence-electron chi connectivity index (χ2n) is 9.14. The van der Waals surface area contributed by atoms with Gasteiger partial charge in [0.05, 0.1) is 27.0 Å². The van der Waals surface area contributed by atoms with Gasteiger partial charge < -0.3 is 25.2 Å². The maximum atomic E-state index is 11.8. The van der Waals surface area contributed by atoms with E-state index in [0.717, 1.165) is 55.8 Å². The minimum Gasteiger partial charge on any atom is -0.496 e. The highest BCUT2D eigenvalue weighted by Crippen LogP contribution is 2.30. The van der Waals surface area contributed by atoms with Crippen LogP contribution in [0.1, 0.15) is 56.2 Å². The van der Waals surface area contributed by atoms with Crippen molar-refractivity contribution in [2.24, 2.45) is 0 Å². The van der Waals surface area contributed by atoms with E-state index in [9.17, 15) is 9.90 Å². The monoisotopic (exact) mass is 512 g/mol. The number of amides is 1. The number of rotatable bonds is 11. The molecule has 1 atom stereocenters. The highest BCUT2D eigenvalue weighted by atomic mass is 16.5. The van der Waals surface area contributed by atoms with Gasteiger partial charge in [-0.1, -0.05) is 13.3 Å². The van der Waals surface area contributed by atoms with Gasteiger partial charge in [0.2, 0.25) is 5.95 Å². The number of nitrogens with zero attached hydrogens (tertiary/aromatic N) is 5. The number of ether oxygens (including phenoxy) is 2. The Bertz CT molecular complexity index is 1190. The van der Waals surface area contributed by atoms with Crippen molar-refractivity contribution in [2.75, 3.05) is 44.5 Å². The molecule has 0 spiro atoms. The highest BCUT2D eigenvalue weighted by molar-refractivity contribution is 5.89. The molecule has 37 heavy (non-hydrogen) atoms. The number of nitrogens with one attached hydrogen (secondary N) is 3. The van der Waals surface area contributed by atoms with Gasteiger partial charge in [0, 0.05) is 42.1 Å². The number of methoxy groups -OCH3 is 2. The summed E-state index contributed by atoms with van der Waals surface area (Å²) >= 11 is 0. The third-order valence-electron chi connectivity index (χ3n) is 6.61. The van der Waals surface area contributed by atoms with E-state index in [-0.39, 0.29) is 18.6 Å². The Morgan fingerprint density at radius 2 is 2.05 bits per heavy atom. The summed E-state index contributed by atoms with van der Waals surface area (Å²) in [5.41, 5.74) is 3.16. The average Bonchev–Trinajstić information content (AvgIpc) is 3.32. The van der Waals surface area contributed by atoms with E-state index < -0.39 is 6.09 Å². The Hall–Kier alpha value is -3.51. The molecular weight excluding hydrogens is 476 g/mol. The van der Waals surface area contributed by atoms with E-state index in [1.54, 1.807) is 18.0 Å². The minimum atomic E-state index is -0.664. The van der Waals surface area contributed by atoms with E-state index in [1.165, 1.54) is 7.11 Å². The van der Waals surface area contributed by atoms with Crippen LogP contribution in [0.15, 0.2) is 18.5 Å². The molecule has 0 radical (unpaired) electrons. The van der Waals surface area contributed by atoms with Crippen molar-refractivity contribution < 1.29 is 19.4 Å². The molecule has 0 saturated carbocycles. The summed E-state index contributed by atoms with van der Waals surface area (Å²) in [5.74, 6) is 1.79. The molecule has 12 heteroatoms. The number of hydrogen-bond acceptors (Lipinski definition) is 10. The fourth-order valence-electron chi connectivity index (χ4n) is 4.70. The molecule has 1 saturated heterocycles. The van der Waals surface area contributed by atoms with Crippen LogP contribution in [-0.2, 0) is 11.3 Å². The Morgan fingerprint density at radius 1 is 1.24 bits per heavy atom. The smallest absolute Gasteiger partial charge is 0.413 e. The van der Waals surface area contributed by atoms with Gasteiger partial charge in [0.15, 0.2) is 5.82 Å². The molecule has 4 rings (SSSR count). The number of fused-ring (bicyclic) bond motifs is 1. The first kappa shape index (κ1) is 26.6. The maximum Gasteiger partial charge on any atom is 0.413 e. The van der Waals surface area contributed by atoms with E-state index in [0.29, 0.717) is 35.7 Å². The normalized spacial score (nSPS) is 14.9. The standard InChI is InChI=1S/C25H36N8O4/c1-4-5-18(8-11-34)29-23-22-20(30-24(31-23)32-25(35)37-3)14-28-33(22)15-17-13-27-19(12-21(17)36-2)16-6-9-26-10-7-16/h12-14,16,18,26,34H,4-11,15H2,1-3H3,(H2,29,30,31,32,35). The molecule has 12 nitrogen and oxygen atoms in total. The number of anilines is 2. The number of aliphatic hydroxyl groups excluding tert-OH is 1. The third kappa shape index (κ3) is 6.44. The summed E-state index contributed by atoms with van der Waals surface area (Å²) in [6.07, 6.45) is 7.28. The highest BCUT2D eigenvalue weighted by Gasteiger charge is 2.21. The molecule has 4 heterocycles. The molecule has 3 aromatic heterocycles. The lowest BCUT2D eigenvalue weighted by molar-refractivity contribution is 0.186. The Labute approximate surface area is 216 Å². The van der Waals surface area contributed by atoms with Crippen molar-refractivity contribution >= 4 is 28.9 Å². The molecule has 1 aliphatic heterocycles. The molecular formula is C25H36N8O4. The van der Waals surface area contributed by atoms with Crippen LogP contribution in [-0.4, -0.2) is 75.9 Å². The number of carbonyl (C=O) groups excluding carboxylic acids is 1. The Kier molecular flexibility index (Phi) is 9.07. The van der Waals surface area contributed by atoms with Crippen LogP contribution in [0.2, 0.25) is 0 Å². The van der Waals surface area contributed by atoms with Crippen molar-refractivity contribution in [3.63, 3.8) is 0 Å². The summed E-state index contributed by atoms with van der Waals surface area (Å²) < 4.78 is 12.2. The first-order chi connectivity index (χ1) is 18.1. The second kappa shape index (κ2) is 12.6. The molecule has 0 aliphatic carbocycles. The van der Waals surface area contributed by atoms with Crippen LogP contribution < -0.4 is 20.7 Å². The predicted octanol–water partition coefficient (Wildman–Crippen LogP) is 2.89. The first-order valence-electron chi connectivity index (χ1n) is 12.8. The number of hydrogen-bond donors (Lipinski definition) is 4. The van der Waals surface area contributed by atoms with Gasteiger partial charge in [-0.3, -0.25) is 15.0 Å². The van der Waals surface area contributed by atoms with Crippen LogP contribution in [0.4, 0.5) is 16.6 Å². The van der Waals surface area contributed by atoms with Crippen molar-refractivity contribution in [3.8, 4) is 5.75 Å². The van der Waals surface area contributed by atoms with Crippen LogP contribution in [0.5, 0.6) is 5.75 Å². The van der Waals surface area contributed by atoms with Crippen LogP contribution >= 0.6 is 0 Å². The minimum absolute atomic E-state index is 0.0112. The zero-order chi connectivity index (χ0) is 26.2. The second-order valence-corrected chi connectivity index (χ2v) is 9.14. The van der Waals surface area contributed by atoms with E-state index >= 15 is 0 Å². The molecule has 3 aromatic rings. The molecule has 200 valence electrons. The topological polar surface area (TPSA) is 148 Å². The number of carbonyl (C=O) groups is 1. The molecule has 1 unspecified atom stereocenters. The van der Waals surface area contributed by atoms with Gasteiger partial charge in [-0.05, 0) is 38.8 Å². The van der Waals surface area contributed by atoms with Gasteiger partial charge in [-0.15, -0.1) is 0 Å². The lowest BCUT2D eigenvalue weighted by Crippen LogP contribution is -2.27. The van der Waals surface area contributed by atoms with Crippen molar-refractivity contribution in [3.05, 3.63) is 29.7 Å². The maximum absolute atomic E-state index is 11.8. The zero-order valence-corrected chi connectivity index (χ0v) is 21.7. The molecule has 4 N–H and O–H groups in total. The lowest BCUT2D eigenvalue weighted by Gasteiger charge is -2.23. The number of pyridine rings is 1. The number of aliphatic hydroxyl groups is 1. The van der Waals surface area contributed by atoms with Gasteiger partial charge in [-0.25, -0.2) is 9.78 Å². The van der Waals surface area contributed by atoms with Crippen molar-refractivity contribution in [1.29, 1.82) is 0 Å². The largest absolute Gasteiger partial charge is 0.496 e. The van der Waals surface area contributed by atoms with E-state index in [4.69, 9.17) is 14.5 Å². The predicted molar refractivity (Wildman–Crippen MR) is 140 cm³/mol. The third-order valence-corrected chi connectivity index (χ3v) is 6.61. The molecule has 0 aromatic carbocycles. The van der Waals surface area contributed by atoms with Crippen LogP contribution in [0.25, 0.3) is 11.0 Å². The van der Waals surface area contributed by atoms with Gasteiger partial charge in [0.1, 0.15) is 16.8 Å². The van der Waals surface area contributed by atoms with Gasteiger partial charge in [-0.2, -0.15) is 10.1 Å². The summed E-state index contributed by atoms with van der Waals surface area (Å²) in [7, 11) is 2.94. The number of aromatic nitrogens is 5. The van der Waals surface area contributed by atoms with Crippen LogP contribution in [0.3, 0.4) is 0 Å². The summed E-state index contributed by atoms with van der Waals surface area (Å²) in [6, 6.07) is 2.02. The summed E-state index contributed by atoms with van der Waals surface area (Å²) in [6.45, 7) is 4.52. The summed E-state index contributed by atoms with van der Waals surface area (Å²) in [4.78, 5) is 25.6. The fourth-order valence-corrected chi connectivity index (χ4v) is 4.70. The molecule has 1 fully saturated rings.